The summed E-state index contributed by atoms with van der Waals surface area (Å²) in [5, 5.41) is 6.11. The van der Waals surface area contributed by atoms with Gasteiger partial charge in [-0.05, 0) is 51.8 Å². The zero-order valence-electron chi connectivity index (χ0n) is 21.5. The number of rotatable bonds is 10. The highest BCUT2D eigenvalue weighted by Gasteiger charge is 2.57. The molecule has 194 valence electrons. The predicted octanol–water partition coefficient (Wildman–Crippen LogP) is 2.45. The zero-order chi connectivity index (χ0) is 26.3. The molecule has 4 N–H and O–H groups in total. The summed E-state index contributed by atoms with van der Waals surface area (Å²) in [6.45, 7) is 7.36. The Labute approximate surface area is 212 Å². The zero-order valence-corrected chi connectivity index (χ0v) is 21.5. The third-order valence-corrected chi connectivity index (χ3v) is 6.60. The Hall–Kier alpha value is -3.07. The molecule has 1 amide bonds. The van der Waals surface area contributed by atoms with Gasteiger partial charge < -0.3 is 20.5 Å². The van der Waals surface area contributed by atoms with E-state index < -0.39 is 41.0 Å². The van der Waals surface area contributed by atoms with Crippen LogP contribution in [0.15, 0.2) is 60.7 Å². The van der Waals surface area contributed by atoms with Crippen LogP contribution in [0.5, 0.6) is 0 Å². The summed E-state index contributed by atoms with van der Waals surface area (Å²) in [5.74, 6) is -2.25. The van der Waals surface area contributed by atoms with Gasteiger partial charge >= 0.3 is 5.97 Å². The summed E-state index contributed by atoms with van der Waals surface area (Å²) in [5.41, 5.74) is 5.12. The van der Waals surface area contributed by atoms with Crippen molar-refractivity contribution in [3.8, 4) is 0 Å². The van der Waals surface area contributed by atoms with E-state index in [0.717, 1.165) is 5.56 Å². The Kier molecular flexibility index (Phi) is 9.00. The molecule has 36 heavy (non-hydrogen) atoms. The summed E-state index contributed by atoms with van der Waals surface area (Å²) >= 11 is 0. The summed E-state index contributed by atoms with van der Waals surface area (Å²) < 4.78 is 11.5. The number of ether oxygens (including phenoxy) is 2. The number of nitrogens with one attached hydrogen (secondary N) is 2. The minimum absolute atomic E-state index is 0.161. The molecular formula is C28H37N3O5. The van der Waals surface area contributed by atoms with Crippen LogP contribution in [0.1, 0.15) is 45.2 Å². The lowest BCUT2D eigenvalue weighted by Crippen LogP contribution is -2.69. The van der Waals surface area contributed by atoms with E-state index in [1.54, 1.807) is 27.7 Å². The molecule has 1 aliphatic rings. The van der Waals surface area contributed by atoms with Gasteiger partial charge in [0.2, 0.25) is 5.91 Å². The highest BCUT2D eigenvalue weighted by molar-refractivity contribution is 5.96. The van der Waals surface area contributed by atoms with Gasteiger partial charge in [0.1, 0.15) is 11.5 Å². The van der Waals surface area contributed by atoms with Crippen molar-refractivity contribution >= 4 is 17.7 Å². The maximum absolute atomic E-state index is 14.1. The Bertz CT molecular complexity index is 1040. The molecule has 0 aromatic heterocycles. The minimum Gasteiger partial charge on any atom is -0.465 e. The lowest BCUT2D eigenvalue weighted by molar-refractivity contribution is -0.161. The van der Waals surface area contributed by atoms with Crippen molar-refractivity contribution in [2.24, 2.45) is 11.7 Å². The Morgan fingerprint density at radius 3 is 2.31 bits per heavy atom. The fraction of sp³-hybridized carbons (Fsp3) is 0.464. The van der Waals surface area contributed by atoms with Crippen molar-refractivity contribution in [1.82, 2.24) is 10.6 Å². The van der Waals surface area contributed by atoms with Gasteiger partial charge in [0.05, 0.1) is 30.8 Å². The number of carbonyl (C=O) groups excluding carboxylic acids is 3. The van der Waals surface area contributed by atoms with E-state index in [1.165, 1.54) is 0 Å². The number of benzene rings is 2. The monoisotopic (exact) mass is 495 g/mol. The molecule has 2 aromatic carbocycles. The number of nitrogens with two attached hydrogens (primary N) is 1. The number of hydrogen-bond acceptors (Lipinski definition) is 7. The van der Waals surface area contributed by atoms with Crippen molar-refractivity contribution in [2.45, 2.75) is 63.9 Å². The predicted molar refractivity (Wildman–Crippen MR) is 137 cm³/mol. The van der Waals surface area contributed by atoms with Crippen LogP contribution in [-0.2, 0) is 35.9 Å². The number of hydrogen-bond donors (Lipinski definition) is 3. The average Bonchev–Trinajstić information content (AvgIpc) is 2.87. The number of esters is 1. The van der Waals surface area contributed by atoms with E-state index in [4.69, 9.17) is 15.2 Å². The standard InChI is InChI=1S/C28H37N3O5/c1-5-35-26(34)28(21-14-10-7-11-15-21)16-17-30-24(31-25(33)27(3,4)29)22(28)23(32)19(2)36-18-20-12-8-6-9-13-20/h6-15,19,22,24,30H,5,16-18,29H2,1-4H3,(H,31,33). The molecule has 1 fully saturated rings. The molecule has 0 bridgehead atoms. The van der Waals surface area contributed by atoms with Gasteiger partial charge in [-0.15, -0.1) is 0 Å². The molecule has 8 heteroatoms. The molecule has 3 rings (SSSR count). The molecule has 8 nitrogen and oxygen atoms in total. The average molecular weight is 496 g/mol. The molecule has 0 saturated carbocycles. The molecule has 1 aliphatic heterocycles. The molecule has 4 atom stereocenters. The fourth-order valence-corrected chi connectivity index (χ4v) is 4.65. The third kappa shape index (κ3) is 6.00. The number of ketones is 1. The number of piperidine rings is 1. The maximum Gasteiger partial charge on any atom is 0.317 e. The number of Topliss-reactive ketones (excluding diaryl/α,β-unsaturated/α-hetero) is 1. The van der Waals surface area contributed by atoms with Gasteiger partial charge in [0.25, 0.3) is 0 Å². The molecule has 4 unspecified atom stereocenters. The summed E-state index contributed by atoms with van der Waals surface area (Å²) in [7, 11) is 0. The van der Waals surface area contributed by atoms with Crippen LogP contribution >= 0.6 is 0 Å². The Morgan fingerprint density at radius 1 is 1.11 bits per heavy atom. The lowest BCUT2D eigenvalue weighted by Gasteiger charge is -2.47. The van der Waals surface area contributed by atoms with Crippen molar-refractivity contribution < 1.29 is 23.9 Å². The first kappa shape index (κ1) is 27.5. The summed E-state index contributed by atoms with van der Waals surface area (Å²) in [4.78, 5) is 40.7. The quantitative estimate of drug-likeness (QED) is 0.433. The second-order valence-electron chi connectivity index (χ2n) is 9.75. The molecular weight excluding hydrogens is 458 g/mol. The molecule has 2 aromatic rings. The van der Waals surface area contributed by atoms with Crippen molar-refractivity contribution in [3.05, 3.63) is 71.8 Å². The minimum atomic E-state index is -1.32. The van der Waals surface area contributed by atoms with Gasteiger partial charge in [-0.25, -0.2) is 0 Å². The highest BCUT2D eigenvalue weighted by atomic mass is 16.5. The van der Waals surface area contributed by atoms with Crippen molar-refractivity contribution in [2.75, 3.05) is 13.2 Å². The van der Waals surface area contributed by atoms with Crippen molar-refractivity contribution in [1.29, 1.82) is 0 Å². The van der Waals surface area contributed by atoms with Gasteiger partial charge in [-0.3, -0.25) is 19.7 Å². The van der Waals surface area contributed by atoms with Gasteiger partial charge in [-0.1, -0.05) is 60.7 Å². The van der Waals surface area contributed by atoms with Crippen LogP contribution in [0.3, 0.4) is 0 Å². The molecule has 0 radical (unpaired) electrons. The Balaban J connectivity index is 2.04. The van der Waals surface area contributed by atoms with Crippen LogP contribution < -0.4 is 16.4 Å². The SMILES string of the molecule is CCOC(=O)C1(c2ccccc2)CCNC(NC(=O)C(C)(C)N)C1C(=O)C(C)OCc1ccccc1. The van der Waals surface area contributed by atoms with Gasteiger partial charge in [0.15, 0.2) is 5.78 Å². The summed E-state index contributed by atoms with van der Waals surface area (Å²) in [6, 6.07) is 18.7. The van der Waals surface area contributed by atoms with E-state index in [9.17, 15) is 14.4 Å². The number of carbonyl (C=O) groups is 3. The molecule has 1 heterocycles. The van der Waals surface area contributed by atoms with E-state index in [-0.39, 0.29) is 19.0 Å². The smallest absolute Gasteiger partial charge is 0.317 e. The second-order valence-corrected chi connectivity index (χ2v) is 9.75. The first-order valence-electron chi connectivity index (χ1n) is 12.4. The highest BCUT2D eigenvalue weighted by Crippen LogP contribution is 2.42. The van der Waals surface area contributed by atoms with Crippen molar-refractivity contribution in [3.63, 3.8) is 0 Å². The normalized spacial score (nSPS) is 22.9. The summed E-state index contributed by atoms with van der Waals surface area (Å²) in [6.07, 6.45) is -1.39. The van der Waals surface area contributed by atoms with E-state index >= 15 is 0 Å². The lowest BCUT2D eigenvalue weighted by atomic mass is 9.62. The third-order valence-electron chi connectivity index (χ3n) is 6.60. The van der Waals surface area contributed by atoms with E-state index in [2.05, 4.69) is 10.6 Å². The second kappa shape index (κ2) is 11.8. The fourth-order valence-electron chi connectivity index (χ4n) is 4.65. The van der Waals surface area contributed by atoms with E-state index in [1.807, 2.05) is 60.7 Å². The number of amides is 1. The molecule has 0 aliphatic carbocycles. The van der Waals surface area contributed by atoms with Crippen LogP contribution in [0, 0.1) is 5.92 Å². The van der Waals surface area contributed by atoms with Crippen LogP contribution in [0.4, 0.5) is 0 Å². The first-order chi connectivity index (χ1) is 17.1. The van der Waals surface area contributed by atoms with Crippen LogP contribution in [0.25, 0.3) is 0 Å². The van der Waals surface area contributed by atoms with E-state index in [0.29, 0.717) is 18.5 Å². The van der Waals surface area contributed by atoms with Crippen LogP contribution in [0.2, 0.25) is 0 Å². The van der Waals surface area contributed by atoms with Gasteiger partial charge in [0, 0.05) is 0 Å². The maximum atomic E-state index is 14.1. The molecule has 0 spiro atoms. The largest absolute Gasteiger partial charge is 0.465 e. The molecule has 1 saturated heterocycles. The topological polar surface area (TPSA) is 120 Å². The Morgan fingerprint density at radius 2 is 1.72 bits per heavy atom. The van der Waals surface area contributed by atoms with Crippen LogP contribution in [-0.4, -0.2) is 48.6 Å². The first-order valence-corrected chi connectivity index (χ1v) is 12.4. The van der Waals surface area contributed by atoms with Gasteiger partial charge in [-0.2, -0.15) is 0 Å².